The fraction of sp³-hybridized carbons (Fsp3) is 0.320. The van der Waals surface area contributed by atoms with E-state index >= 15 is 0 Å². The van der Waals surface area contributed by atoms with Crippen molar-refractivity contribution < 1.29 is 13.2 Å². The Balaban J connectivity index is 1.42. The fourth-order valence-corrected chi connectivity index (χ4v) is 5.92. The van der Waals surface area contributed by atoms with Gasteiger partial charge in [0.2, 0.25) is 10.0 Å². The Morgan fingerprint density at radius 2 is 1.63 bits per heavy atom. The Kier molecular flexibility index (Phi) is 5.94. The molecule has 0 radical (unpaired) electrons. The summed E-state index contributed by atoms with van der Waals surface area (Å²) >= 11 is 0. The molecular weight excluding hydrogens is 464 g/mol. The third-order valence-corrected chi connectivity index (χ3v) is 8.25. The molecule has 2 aromatic carbocycles. The molecular formula is C25H28N6O3S. The van der Waals surface area contributed by atoms with Gasteiger partial charge in [0.05, 0.1) is 29.3 Å². The van der Waals surface area contributed by atoms with Crippen LogP contribution in [0, 0.1) is 20.8 Å². The molecule has 10 heteroatoms. The molecule has 0 unspecified atom stereocenters. The molecule has 0 aliphatic carbocycles. The van der Waals surface area contributed by atoms with Crippen LogP contribution in [0.3, 0.4) is 0 Å². The van der Waals surface area contributed by atoms with Gasteiger partial charge in [0, 0.05) is 26.2 Å². The van der Waals surface area contributed by atoms with Crippen molar-refractivity contribution >= 4 is 26.9 Å². The van der Waals surface area contributed by atoms with E-state index in [1.165, 1.54) is 9.87 Å². The molecule has 9 nitrogen and oxygen atoms in total. The number of sulfonamides is 1. The lowest BCUT2D eigenvalue weighted by Gasteiger charge is -2.35. The molecule has 0 saturated carbocycles. The first-order valence-electron chi connectivity index (χ1n) is 11.5. The number of aromatic nitrogens is 4. The van der Waals surface area contributed by atoms with E-state index in [1.54, 1.807) is 37.6 Å². The zero-order valence-corrected chi connectivity index (χ0v) is 21.1. The van der Waals surface area contributed by atoms with Crippen molar-refractivity contribution in [3.8, 4) is 11.4 Å². The standard InChI is InChI=1S/C25H28N6O3S/c1-17-5-10-23(18(2)15-17)31-25-22(16-26-31)24(27-19(3)28-25)29-11-13-30(14-12-29)35(32,33)21-8-6-20(34-4)7-9-21/h5-10,15-16H,11-14H2,1-4H3. The highest BCUT2D eigenvalue weighted by molar-refractivity contribution is 7.89. The van der Waals surface area contributed by atoms with Gasteiger partial charge in [0.15, 0.2) is 5.65 Å². The van der Waals surface area contributed by atoms with Gasteiger partial charge in [-0.2, -0.15) is 9.40 Å². The normalized spacial score (nSPS) is 15.0. The van der Waals surface area contributed by atoms with Crippen molar-refractivity contribution in [2.45, 2.75) is 25.7 Å². The number of piperazine rings is 1. The van der Waals surface area contributed by atoms with E-state index in [2.05, 4.69) is 47.0 Å². The highest BCUT2D eigenvalue weighted by Gasteiger charge is 2.30. The highest BCUT2D eigenvalue weighted by atomic mass is 32.2. The molecule has 2 aromatic heterocycles. The second kappa shape index (κ2) is 8.94. The van der Waals surface area contributed by atoms with Crippen LogP contribution in [0.2, 0.25) is 0 Å². The average molecular weight is 493 g/mol. The van der Waals surface area contributed by atoms with Gasteiger partial charge in [-0.3, -0.25) is 0 Å². The molecule has 1 aliphatic rings. The summed E-state index contributed by atoms with van der Waals surface area (Å²) in [4.78, 5) is 11.8. The number of fused-ring (bicyclic) bond motifs is 1. The minimum atomic E-state index is -3.58. The van der Waals surface area contributed by atoms with Gasteiger partial charge in [-0.1, -0.05) is 17.7 Å². The van der Waals surface area contributed by atoms with Gasteiger partial charge in [0.25, 0.3) is 0 Å². The quantitative estimate of drug-likeness (QED) is 0.422. The summed E-state index contributed by atoms with van der Waals surface area (Å²) in [5.41, 5.74) is 4.03. The monoisotopic (exact) mass is 492 g/mol. The molecule has 4 aromatic rings. The molecule has 3 heterocycles. The SMILES string of the molecule is COc1ccc(S(=O)(=O)N2CCN(c3nc(C)nc4c3cnn4-c3ccc(C)cc3C)CC2)cc1. The zero-order valence-electron chi connectivity index (χ0n) is 20.3. The first-order valence-corrected chi connectivity index (χ1v) is 12.9. The van der Waals surface area contributed by atoms with Crippen LogP contribution >= 0.6 is 0 Å². The molecule has 0 atom stereocenters. The molecule has 1 saturated heterocycles. The van der Waals surface area contributed by atoms with Gasteiger partial charge in [-0.25, -0.2) is 23.1 Å². The second-order valence-electron chi connectivity index (χ2n) is 8.74. The van der Waals surface area contributed by atoms with Crippen molar-refractivity contribution in [2.75, 3.05) is 38.2 Å². The fourth-order valence-electron chi connectivity index (χ4n) is 4.50. The van der Waals surface area contributed by atoms with Crippen LogP contribution in [-0.4, -0.2) is 65.8 Å². The van der Waals surface area contributed by atoms with Crippen LogP contribution in [0.25, 0.3) is 16.7 Å². The number of aryl methyl sites for hydroxylation is 3. The van der Waals surface area contributed by atoms with Crippen LogP contribution < -0.4 is 9.64 Å². The largest absolute Gasteiger partial charge is 0.497 e. The first kappa shape index (κ1) is 23.3. The molecule has 0 N–H and O–H groups in total. The van der Waals surface area contributed by atoms with E-state index in [0.29, 0.717) is 37.8 Å². The van der Waals surface area contributed by atoms with E-state index < -0.39 is 10.0 Å². The number of hydrogen-bond acceptors (Lipinski definition) is 7. The van der Waals surface area contributed by atoms with Gasteiger partial charge in [0.1, 0.15) is 17.4 Å². The molecule has 0 bridgehead atoms. The summed E-state index contributed by atoms with van der Waals surface area (Å²) in [6, 6.07) is 12.7. The molecule has 1 aliphatic heterocycles. The minimum Gasteiger partial charge on any atom is -0.497 e. The number of nitrogens with zero attached hydrogens (tertiary/aromatic N) is 6. The Labute approximate surface area is 205 Å². The summed E-state index contributed by atoms with van der Waals surface area (Å²) < 4.78 is 34.8. The van der Waals surface area contributed by atoms with Crippen molar-refractivity contribution in [1.29, 1.82) is 0 Å². The van der Waals surface area contributed by atoms with E-state index in [9.17, 15) is 8.42 Å². The van der Waals surface area contributed by atoms with Crippen molar-refractivity contribution in [2.24, 2.45) is 0 Å². The van der Waals surface area contributed by atoms with Crippen LogP contribution in [0.5, 0.6) is 5.75 Å². The Morgan fingerprint density at radius 1 is 0.914 bits per heavy atom. The van der Waals surface area contributed by atoms with Crippen LogP contribution in [0.1, 0.15) is 17.0 Å². The highest BCUT2D eigenvalue weighted by Crippen LogP contribution is 2.29. The van der Waals surface area contributed by atoms with Gasteiger partial charge >= 0.3 is 0 Å². The topological polar surface area (TPSA) is 93.5 Å². The number of methoxy groups -OCH3 is 1. The number of rotatable bonds is 5. The smallest absolute Gasteiger partial charge is 0.243 e. The van der Waals surface area contributed by atoms with Crippen LogP contribution in [-0.2, 0) is 10.0 Å². The minimum absolute atomic E-state index is 0.266. The average Bonchev–Trinajstić information content (AvgIpc) is 3.27. The Bertz CT molecular complexity index is 1490. The number of anilines is 1. The zero-order chi connectivity index (χ0) is 24.7. The van der Waals surface area contributed by atoms with E-state index in [1.807, 2.05) is 11.6 Å². The van der Waals surface area contributed by atoms with Gasteiger partial charge < -0.3 is 9.64 Å². The lowest BCUT2D eigenvalue weighted by atomic mass is 10.1. The van der Waals surface area contributed by atoms with E-state index in [0.717, 1.165) is 28.1 Å². The van der Waals surface area contributed by atoms with Gasteiger partial charge in [-0.15, -0.1) is 0 Å². The van der Waals surface area contributed by atoms with E-state index in [-0.39, 0.29) is 4.90 Å². The molecule has 1 fully saturated rings. The second-order valence-corrected chi connectivity index (χ2v) is 10.7. The summed E-state index contributed by atoms with van der Waals surface area (Å²) in [6.07, 6.45) is 1.80. The molecule has 5 rings (SSSR count). The summed E-state index contributed by atoms with van der Waals surface area (Å²) in [7, 11) is -2.03. The molecule has 182 valence electrons. The Hall–Kier alpha value is -3.50. The summed E-state index contributed by atoms with van der Waals surface area (Å²) in [5.74, 6) is 2.05. The predicted octanol–water partition coefficient (Wildman–Crippen LogP) is 3.26. The maximum absolute atomic E-state index is 13.1. The number of ether oxygens (including phenoxy) is 1. The summed E-state index contributed by atoms with van der Waals surface area (Å²) in [6.45, 7) is 7.77. The molecule has 0 spiro atoms. The molecule has 0 amide bonds. The van der Waals surface area contributed by atoms with Crippen molar-refractivity contribution in [3.05, 3.63) is 65.6 Å². The Morgan fingerprint density at radius 3 is 2.29 bits per heavy atom. The van der Waals surface area contributed by atoms with Gasteiger partial charge in [-0.05, 0) is 56.7 Å². The van der Waals surface area contributed by atoms with Crippen molar-refractivity contribution in [1.82, 2.24) is 24.1 Å². The van der Waals surface area contributed by atoms with E-state index in [4.69, 9.17) is 9.72 Å². The number of hydrogen-bond donors (Lipinski definition) is 0. The number of benzene rings is 2. The third kappa shape index (κ3) is 4.23. The predicted molar refractivity (Wildman–Crippen MR) is 135 cm³/mol. The first-order chi connectivity index (χ1) is 16.8. The van der Waals surface area contributed by atoms with Crippen LogP contribution in [0.4, 0.5) is 5.82 Å². The lowest BCUT2D eigenvalue weighted by molar-refractivity contribution is 0.384. The third-order valence-electron chi connectivity index (χ3n) is 6.34. The molecule has 35 heavy (non-hydrogen) atoms. The van der Waals surface area contributed by atoms with Crippen LogP contribution in [0.15, 0.2) is 53.6 Å². The summed E-state index contributed by atoms with van der Waals surface area (Å²) in [5, 5.41) is 5.48. The maximum atomic E-state index is 13.1. The lowest BCUT2D eigenvalue weighted by Crippen LogP contribution is -2.49. The maximum Gasteiger partial charge on any atom is 0.243 e. The van der Waals surface area contributed by atoms with Crippen molar-refractivity contribution in [3.63, 3.8) is 0 Å².